The molecule has 2 aliphatic rings. The fourth-order valence-corrected chi connectivity index (χ4v) is 3.03. The van der Waals surface area contributed by atoms with Crippen LogP contribution < -0.4 is 5.32 Å². The Hall–Kier alpha value is -1.92. The van der Waals surface area contributed by atoms with Crippen LogP contribution in [-0.2, 0) is 16.0 Å². The van der Waals surface area contributed by atoms with E-state index in [2.05, 4.69) is 10.2 Å². The van der Waals surface area contributed by atoms with Crippen LogP contribution in [0.25, 0.3) is 0 Å². The Kier molecular flexibility index (Phi) is 4.63. The summed E-state index contributed by atoms with van der Waals surface area (Å²) in [5, 5.41) is 2.87. The van der Waals surface area contributed by atoms with Crippen LogP contribution in [0.1, 0.15) is 18.9 Å². The first-order valence-electron chi connectivity index (χ1n) is 8.07. The van der Waals surface area contributed by atoms with Gasteiger partial charge in [-0.1, -0.05) is 30.3 Å². The molecule has 2 heterocycles. The normalized spacial score (nSPS) is 25.7. The van der Waals surface area contributed by atoms with Crippen molar-refractivity contribution in [2.24, 2.45) is 0 Å². The Balaban J connectivity index is 1.62. The zero-order chi connectivity index (χ0) is 16.3. The van der Waals surface area contributed by atoms with Gasteiger partial charge in [0.05, 0.1) is 19.9 Å². The van der Waals surface area contributed by atoms with E-state index < -0.39 is 5.54 Å². The van der Waals surface area contributed by atoms with Crippen molar-refractivity contribution in [3.8, 4) is 0 Å². The SMILES string of the molecule is C[C@]1(CCc2ccccc2)NC(=O)N(CN2CCOCC2)C1=O. The van der Waals surface area contributed by atoms with E-state index in [0.29, 0.717) is 26.3 Å². The monoisotopic (exact) mass is 317 g/mol. The molecular formula is C17H23N3O3. The highest BCUT2D eigenvalue weighted by Gasteiger charge is 2.47. The molecule has 0 saturated carbocycles. The number of aryl methyl sites for hydroxylation is 1. The van der Waals surface area contributed by atoms with Crippen LogP contribution in [0.5, 0.6) is 0 Å². The summed E-state index contributed by atoms with van der Waals surface area (Å²) >= 11 is 0. The van der Waals surface area contributed by atoms with E-state index in [-0.39, 0.29) is 11.9 Å². The van der Waals surface area contributed by atoms with E-state index in [4.69, 9.17) is 4.74 Å². The van der Waals surface area contributed by atoms with E-state index >= 15 is 0 Å². The van der Waals surface area contributed by atoms with Gasteiger partial charge < -0.3 is 10.1 Å². The number of ether oxygens (including phenoxy) is 1. The smallest absolute Gasteiger partial charge is 0.326 e. The lowest BCUT2D eigenvalue weighted by atomic mass is 9.93. The van der Waals surface area contributed by atoms with E-state index in [1.165, 1.54) is 10.5 Å². The second-order valence-electron chi connectivity index (χ2n) is 6.35. The van der Waals surface area contributed by atoms with Crippen LogP contribution in [0.3, 0.4) is 0 Å². The number of carbonyl (C=O) groups is 2. The van der Waals surface area contributed by atoms with Crippen LogP contribution in [0.15, 0.2) is 30.3 Å². The highest BCUT2D eigenvalue weighted by molar-refractivity contribution is 6.06. The van der Waals surface area contributed by atoms with E-state index in [0.717, 1.165) is 19.5 Å². The second kappa shape index (κ2) is 6.68. The first-order chi connectivity index (χ1) is 11.1. The number of amides is 3. The number of imide groups is 1. The lowest BCUT2D eigenvalue weighted by Gasteiger charge is -2.29. The molecule has 2 saturated heterocycles. The number of rotatable bonds is 5. The Labute approximate surface area is 136 Å². The molecular weight excluding hydrogens is 294 g/mol. The zero-order valence-electron chi connectivity index (χ0n) is 13.5. The van der Waals surface area contributed by atoms with Crippen molar-refractivity contribution in [2.45, 2.75) is 25.3 Å². The molecule has 6 nitrogen and oxygen atoms in total. The number of nitrogens with one attached hydrogen (secondary N) is 1. The van der Waals surface area contributed by atoms with Gasteiger partial charge in [0.2, 0.25) is 0 Å². The van der Waals surface area contributed by atoms with Crippen LogP contribution in [0.4, 0.5) is 4.79 Å². The maximum atomic E-state index is 12.7. The van der Waals surface area contributed by atoms with Gasteiger partial charge in [-0.15, -0.1) is 0 Å². The summed E-state index contributed by atoms with van der Waals surface area (Å²) in [5.74, 6) is -0.134. The van der Waals surface area contributed by atoms with Crippen molar-refractivity contribution >= 4 is 11.9 Å². The van der Waals surface area contributed by atoms with Gasteiger partial charge in [-0.2, -0.15) is 0 Å². The zero-order valence-corrected chi connectivity index (χ0v) is 13.5. The van der Waals surface area contributed by atoms with Crippen LogP contribution in [-0.4, -0.2) is 60.2 Å². The van der Waals surface area contributed by atoms with Gasteiger partial charge in [0.1, 0.15) is 5.54 Å². The third kappa shape index (κ3) is 3.54. The Bertz CT molecular complexity index is 572. The van der Waals surface area contributed by atoms with Gasteiger partial charge in [-0.3, -0.25) is 9.69 Å². The summed E-state index contributed by atoms with van der Waals surface area (Å²) in [7, 11) is 0. The number of urea groups is 1. The number of hydrogen-bond donors (Lipinski definition) is 1. The maximum absolute atomic E-state index is 12.7. The third-order valence-electron chi connectivity index (χ3n) is 4.55. The summed E-state index contributed by atoms with van der Waals surface area (Å²) in [6.07, 6.45) is 1.36. The van der Waals surface area contributed by atoms with Gasteiger partial charge in [0.25, 0.3) is 5.91 Å². The van der Waals surface area contributed by atoms with Crippen molar-refractivity contribution in [1.82, 2.24) is 15.1 Å². The Morgan fingerprint density at radius 2 is 1.87 bits per heavy atom. The molecule has 1 N–H and O–H groups in total. The predicted octanol–water partition coefficient (Wildman–Crippen LogP) is 1.22. The summed E-state index contributed by atoms with van der Waals surface area (Å²) in [6.45, 7) is 4.95. The molecule has 124 valence electrons. The molecule has 2 aliphatic heterocycles. The number of morpholine rings is 1. The minimum absolute atomic E-state index is 0.134. The topological polar surface area (TPSA) is 61.9 Å². The fourth-order valence-electron chi connectivity index (χ4n) is 3.03. The number of hydrogen-bond acceptors (Lipinski definition) is 4. The molecule has 23 heavy (non-hydrogen) atoms. The van der Waals surface area contributed by atoms with Crippen LogP contribution in [0, 0.1) is 0 Å². The molecule has 0 radical (unpaired) electrons. The molecule has 1 atom stereocenters. The maximum Gasteiger partial charge on any atom is 0.326 e. The standard InChI is InChI=1S/C17H23N3O3/c1-17(8-7-14-5-3-2-4-6-14)15(21)20(16(22)18-17)13-19-9-11-23-12-10-19/h2-6H,7-13H2,1H3,(H,18,22)/t17-/m1/s1. The van der Waals surface area contributed by atoms with Gasteiger partial charge in [0.15, 0.2) is 0 Å². The molecule has 2 fully saturated rings. The van der Waals surface area contributed by atoms with E-state index in [1.54, 1.807) is 0 Å². The highest BCUT2D eigenvalue weighted by atomic mass is 16.5. The third-order valence-corrected chi connectivity index (χ3v) is 4.55. The molecule has 3 amide bonds. The number of carbonyl (C=O) groups excluding carboxylic acids is 2. The summed E-state index contributed by atoms with van der Waals surface area (Å²) in [5.41, 5.74) is 0.349. The first-order valence-corrected chi connectivity index (χ1v) is 8.07. The fraction of sp³-hybridized carbons (Fsp3) is 0.529. The highest BCUT2D eigenvalue weighted by Crippen LogP contribution is 2.23. The van der Waals surface area contributed by atoms with Crippen LogP contribution >= 0.6 is 0 Å². The summed E-state index contributed by atoms with van der Waals surface area (Å²) in [4.78, 5) is 28.3. The molecule has 3 rings (SSSR count). The molecule has 1 aromatic carbocycles. The van der Waals surface area contributed by atoms with E-state index in [9.17, 15) is 9.59 Å². The second-order valence-corrected chi connectivity index (χ2v) is 6.35. The Morgan fingerprint density at radius 1 is 1.17 bits per heavy atom. The lowest BCUT2D eigenvalue weighted by molar-refractivity contribution is -0.133. The van der Waals surface area contributed by atoms with Crippen molar-refractivity contribution < 1.29 is 14.3 Å². The Morgan fingerprint density at radius 3 is 2.57 bits per heavy atom. The van der Waals surface area contributed by atoms with Gasteiger partial charge in [0, 0.05) is 13.1 Å². The number of benzene rings is 1. The average molecular weight is 317 g/mol. The number of nitrogens with zero attached hydrogens (tertiary/aromatic N) is 2. The molecule has 0 bridgehead atoms. The largest absolute Gasteiger partial charge is 0.379 e. The molecule has 0 aliphatic carbocycles. The summed E-state index contributed by atoms with van der Waals surface area (Å²) in [6, 6.07) is 9.72. The minimum atomic E-state index is -0.820. The van der Waals surface area contributed by atoms with Crippen molar-refractivity contribution in [3.05, 3.63) is 35.9 Å². The molecule has 0 unspecified atom stereocenters. The lowest BCUT2D eigenvalue weighted by Crippen LogP contribution is -2.48. The van der Waals surface area contributed by atoms with E-state index in [1.807, 2.05) is 37.3 Å². The molecule has 0 aromatic heterocycles. The molecule has 0 spiro atoms. The van der Waals surface area contributed by atoms with Gasteiger partial charge in [-0.05, 0) is 25.3 Å². The summed E-state index contributed by atoms with van der Waals surface area (Å²) < 4.78 is 5.30. The first kappa shape index (κ1) is 16.0. The molecule has 1 aromatic rings. The van der Waals surface area contributed by atoms with Crippen molar-refractivity contribution in [3.63, 3.8) is 0 Å². The predicted molar refractivity (Wildman–Crippen MR) is 85.8 cm³/mol. The minimum Gasteiger partial charge on any atom is -0.379 e. The average Bonchev–Trinajstić information content (AvgIpc) is 2.79. The molecule has 6 heteroatoms. The van der Waals surface area contributed by atoms with Gasteiger partial charge in [-0.25, -0.2) is 9.69 Å². The quantitative estimate of drug-likeness (QED) is 0.830. The van der Waals surface area contributed by atoms with Crippen LogP contribution in [0.2, 0.25) is 0 Å². The van der Waals surface area contributed by atoms with Crippen molar-refractivity contribution in [2.75, 3.05) is 33.0 Å². The van der Waals surface area contributed by atoms with Crippen molar-refractivity contribution in [1.29, 1.82) is 0 Å². The van der Waals surface area contributed by atoms with Gasteiger partial charge >= 0.3 is 6.03 Å².